The van der Waals surface area contributed by atoms with E-state index in [2.05, 4.69) is 81.8 Å². The zero-order chi connectivity index (χ0) is 27.5. The van der Waals surface area contributed by atoms with E-state index in [1.807, 2.05) is 25.8 Å². The highest BCUT2D eigenvalue weighted by Crippen LogP contribution is 2.30. The number of ether oxygens (including phenoxy) is 1. The lowest BCUT2D eigenvalue weighted by Crippen LogP contribution is -2.50. The molecule has 1 heterocycles. The zero-order valence-electron chi connectivity index (χ0n) is 24.3. The number of carbonyl (C=O) groups excluding carboxylic acids is 1. The van der Waals surface area contributed by atoms with Crippen LogP contribution in [-0.4, -0.2) is 72.1 Å². The van der Waals surface area contributed by atoms with Crippen molar-refractivity contribution >= 4 is 18.0 Å². The maximum atomic E-state index is 13.1. The molecule has 1 atom stereocenters. The van der Waals surface area contributed by atoms with Gasteiger partial charge in [-0.3, -0.25) is 0 Å². The molecule has 1 saturated heterocycles. The van der Waals surface area contributed by atoms with Gasteiger partial charge in [0.1, 0.15) is 0 Å². The molecule has 0 N–H and O–H groups in total. The Morgan fingerprint density at radius 2 is 1.59 bits per heavy atom. The number of carbonyl (C=O) groups is 1. The van der Waals surface area contributed by atoms with E-state index in [-0.39, 0.29) is 12.2 Å². The van der Waals surface area contributed by atoms with Crippen LogP contribution >= 0.6 is 11.9 Å². The second kappa shape index (κ2) is 15.7. The van der Waals surface area contributed by atoms with Crippen LogP contribution in [0.2, 0.25) is 0 Å². The Bertz CT molecular complexity index is 959. The van der Waals surface area contributed by atoms with E-state index in [9.17, 15) is 4.79 Å². The summed E-state index contributed by atoms with van der Waals surface area (Å²) in [6.45, 7) is 8.99. The van der Waals surface area contributed by atoms with Crippen molar-refractivity contribution in [3.63, 3.8) is 0 Å². The molecular weight excluding hydrogens is 502 g/mol. The van der Waals surface area contributed by atoms with E-state index >= 15 is 0 Å². The zero-order valence-corrected chi connectivity index (χ0v) is 25.2. The number of nitrogens with zero attached hydrogens (tertiary/aromatic N) is 3. The van der Waals surface area contributed by atoms with Gasteiger partial charge in [0.2, 0.25) is 0 Å². The summed E-state index contributed by atoms with van der Waals surface area (Å²) < 4.78 is 8.09. The Kier molecular flexibility index (Phi) is 12.0. The standard InChI is InChI=1S/C33H49N3O2S/c1-27(2)38-33(37)36(25-28-13-7-4-8-14-28)31-20-23-35(24-21-31)22-19-30(29-15-9-5-10-16-29)26-34(3)39-32-17-11-6-12-18-32/h5-6,9-12,15-18,27-28,30-31H,4,7-8,13-14,19-26H2,1-3H3. The minimum absolute atomic E-state index is 0.0699. The molecule has 0 radical (unpaired) electrons. The molecule has 0 spiro atoms. The smallest absolute Gasteiger partial charge is 0.410 e. The third-order valence-electron chi connectivity index (χ3n) is 8.30. The highest BCUT2D eigenvalue weighted by Gasteiger charge is 2.32. The first-order valence-corrected chi connectivity index (χ1v) is 15.9. The van der Waals surface area contributed by atoms with Crippen LogP contribution in [0.15, 0.2) is 65.6 Å². The first-order chi connectivity index (χ1) is 19.0. The lowest BCUT2D eigenvalue weighted by Gasteiger charge is -2.40. The minimum atomic E-state index is -0.0999. The molecule has 2 aliphatic rings. The normalized spacial score (nSPS) is 18.4. The van der Waals surface area contributed by atoms with Crippen LogP contribution in [0.4, 0.5) is 4.79 Å². The summed E-state index contributed by atoms with van der Waals surface area (Å²) in [5.41, 5.74) is 1.42. The number of hydrogen-bond acceptors (Lipinski definition) is 5. The lowest BCUT2D eigenvalue weighted by atomic mass is 9.88. The summed E-state index contributed by atoms with van der Waals surface area (Å²) >= 11 is 1.82. The number of piperidine rings is 1. The first-order valence-electron chi connectivity index (χ1n) is 15.2. The van der Waals surface area contributed by atoms with Crippen LogP contribution in [0.25, 0.3) is 0 Å². The predicted molar refractivity (Wildman–Crippen MR) is 163 cm³/mol. The van der Waals surface area contributed by atoms with Crippen molar-refractivity contribution in [1.29, 1.82) is 0 Å². The van der Waals surface area contributed by atoms with Crippen LogP contribution in [-0.2, 0) is 4.74 Å². The van der Waals surface area contributed by atoms with Gasteiger partial charge in [0.25, 0.3) is 0 Å². The van der Waals surface area contributed by atoms with Gasteiger partial charge in [0.05, 0.1) is 6.10 Å². The molecule has 1 aliphatic heterocycles. The highest BCUT2D eigenvalue weighted by molar-refractivity contribution is 7.97. The molecule has 2 aromatic rings. The van der Waals surface area contributed by atoms with Gasteiger partial charge in [-0.2, -0.15) is 0 Å². The summed E-state index contributed by atoms with van der Waals surface area (Å²) in [6.07, 6.45) is 9.50. The summed E-state index contributed by atoms with van der Waals surface area (Å²) in [5, 5.41) is 0. The number of amides is 1. The second-order valence-corrected chi connectivity index (χ2v) is 13.1. The molecular formula is C33H49N3O2S. The van der Waals surface area contributed by atoms with Gasteiger partial charge in [-0.15, -0.1) is 0 Å². The van der Waals surface area contributed by atoms with Crippen molar-refractivity contribution in [3.8, 4) is 0 Å². The maximum absolute atomic E-state index is 13.1. The molecule has 39 heavy (non-hydrogen) atoms. The Labute approximate surface area is 241 Å². The van der Waals surface area contributed by atoms with Crippen molar-refractivity contribution in [2.24, 2.45) is 5.92 Å². The average molecular weight is 552 g/mol. The second-order valence-electron chi connectivity index (χ2n) is 11.8. The summed E-state index contributed by atoms with van der Waals surface area (Å²) in [5.74, 6) is 1.11. The molecule has 1 aliphatic carbocycles. The fourth-order valence-electron chi connectivity index (χ4n) is 6.18. The molecule has 2 aromatic carbocycles. The van der Waals surface area contributed by atoms with Gasteiger partial charge in [0.15, 0.2) is 0 Å². The largest absolute Gasteiger partial charge is 0.447 e. The number of benzene rings is 2. The van der Waals surface area contributed by atoms with E-state index in [1.54, 1.807) is 0 Å². The number of rotatable bonds is 12. The van der Waals surface area contributed by atoms with E-state index in [4.69, 9.17) is 4.74 Å². The summed E-state index contributed by atoms with van der Waals surface area (Å²) in [7, 11) is 2.20. The topological polar surface area (TPSA) is 36.0 Å². The van der Waals surface area contributed by atoms with Gasteiger partial charge in [0, 0.05) is 37.1 Å². The fourth-order valence-corrected chi connectivity index (χ4v) is 7.07. The third kappa shape index (κ3) is 9.84. The molecule has 1 amide bonds. The van der Waals surface area contributed by atoms with E-state index in [0.29, 0.717) is 17.9 Å². The van der Waals surface area contributed by atoms with Crippen molar-refractivity contribution in [3.05, 3.63) is 66.2 Å². The van der Waals surface area contributed by atoms with Crippen molar-refractivity contribution in [2.75, 3.05) is 39.8 Å². The lowest BCUT2D eigenvalue weighted by molar-refractivity contribution is 0.0382. The molecule has 1 saturated carbocycles. The maximum Gasteiger partial charge on any atom is 0.410 e. The van der Waals surface area contributed by atoms with Crippen LogP contribution < -0.4 is 0 Å². The van der Waals surface area contributed by atoms with E-state index in [0.717, 1.165) is 52.0 Å². The van der Waals surface area contributed by atoms with Gasteiger partial charge >= 0.3 is 6.09 Å². The van der Waals surface area contributed by atoms with Gasteiger partial charge in [-0.05, 0) is 101 Å². The Hall–Kier alpha value is -2.02. The van der Waals surface area contributed by atoms with Crippen LogP contribution in [0.3, 0.4) is 0 Å². The molecule has 0 aromatic heterocycles. The van der Waals surface area contributed by atoms with Crippen LogP contribution in [0.1, 0.15) is 76.7 Å². The number of likely N-dealkylation sites (N-methyl/N-ethyl adjacent to an activating group) is 1. The quantitative estimate of drug-likeness (QED) is 0.253. The third-order valence-corrected chi connectivity index (χ3v) is 9.24. The molecule has 6 heteroatoms. The average Bonchev–Trinajstić information content (AvgIpc) is 2.95. The molecule has 0 bridgehead atoms. The van der Waals surface area contributed by atoms with Crippen molar-refractivity contribution in [1.82, 2.24) is 14.1 Å². The molecule has 214 valence electrons. The Morgan fingerprint density at radius 3 is 2.23 bits per heavy atom. The first kappa shape index (κ1) is 30.0. The number of hydrogen-bond donors (Lipinski definition) is 0. The summed E-state index contributed by atoms with van der Waals surface area (Å²) in [6, 6.07) is 21.9. The minimum Gasteiger partial charge on any atom is -0.447 e. The van der Waals surface area contributed by atoms with E-state index in [1.165, 1.54) is 42.6 Å². The molecule has 2 fully saturated rings. The van der Waals surface area contributed by atoms with Gasteiger partial charge in [-0.25, -0.2) is 9.10 Å². The van der Waals surface area contributed by atoms with Gasteiger partial charge in [-0.1, -0.05) is 67.8 Å². The molecule has 4 rings (SSSR count). The van der Waals surface area contributed by atoms with Crippen LogP contribution in [0.5, 0.6) is 0 Å². The van der Waals surface area contributed by atoms with Crippen LogP contribution in [0, 0.1) is 5.92 Å². The summed E-state index contributed by atoms with van der Waals surface area (Å²) in [4.78, 5) is 19.1. The highest BCUT2D eigenvalue weighted by atomic mass is 32.2. The molecule has 1 unspecified atom stereocenters. The van der Waals surface area contributed by atoms with Crippen molar-refractivity contribution in [2.45, 2.75) is 88.2 Å². The van der Waals surface area contributed by atoms with E-state index < -0.39 is 0 Å². The Morgan fingerprint density at radius 1 is 0.949 bits per heavy atom. The Balaban J connectivity index is 1.31. The monoisotopic (exact) mass is 551 g/mol. The fraction of sp³-hybridized carbons (Fsp3) is 0.606. The van der Waals surface area contributed by atoms with Crippen molar-refractivity contribution < 1.29 is 9.53 Å². The van der Waals surface area contributed by atoms with Gasteiger partial charge < -0.3 is 14.5 Å². The number of likely N-dealkylation sites (tertiary alicyclic amines) is 1. The predicted octanol–water partition coefficient (Wildman–Crippen LogP) is 7.69. The molecule has 5 nitrogen and oxygen atoms in total. The SMILES string of the molecule is CC(C)OC(=O)N(CC1CCCCC1)C1CCN(CCC(CN(C)Sc2ccccc2)c2ccccc2)CC1.